The smallest absolute Gasteiger partial charge is 0.426 e. The summed E-state index contributed by atoms with van der Waals surface area (Å²) in [7, 11) is 0. The quantitative estimate of drug-likeness (QED) is 0.183. The number of carbonyl (C=O) groups excluding carboxylic acids is 2. The van der Waals surface area contributed by atoms with Gasteiger partial charge in [-0.05, 0) is 129 Å². The molecule has 0 amide bonds. The summed E-state index contributed by atoms with van der Waals surface area (Å²) in [6.07, 6.45) is -32.6. The first-order chi connectivity index (χ1) is 25.0. The van der Waals surface area contributed by atoms with Gasteiger partial charge in [0.05, 0.1) is 18.3 Å². The van der Waals surface area contributed by atoms with E-state index in [1.807, 2.05) is 0 Å². The summed E-state index contributed by atoms with van der Waals surface area (Å²) >= 11 is 0. The molecule has 19 heteroatoms. The summed E-state index contributed by atoms with van der Waals surface area (Å²) in [4.78, 5) is 27.3. The van der Waals surface area contributed by atoms with Crippen LogP contribution in [0.15, 0.2) is 0 Å². The van der Waals surface area contributed by atoms with E-state index in [0.717, 1.165) is 0 Å². The first-order valence-electron chi connectivity index (χ1n) is 18.7. The van der Waals surface area contributed by atoms with Crippen molar-refractivity contribution in [3.8, 4) is 0 Å². The molecule has 11 atom stereocenters. The normalized spacial score (nSPS) is 33.0. The van der Waals surface area contributed by atoms with Crippen molar-refractivity contribution in [3.05, 3.63) is 0 Å². The first kappa shape index (κ1) is 46.7. The second-order valence-corrected chi connectivity index (χ2v) is 18.6. The molecule has 326 valence electrons. The van der Waals surface area contributed by atoms with Crippen LogP contribution < -0.4 is 0 Å². The Morgan fingerprint density at radius 2 is 1.20 bits per heavy atom. The molecule has 4 aliphatic rings. The van der Waals surface area contributed by atoms with Gasteiger partial charge in [0.25, 0.3) is 5.60 Å². The van der Waals surface area contributed by atoms with Crippen molar-refractivity contribution in [2.45, 2.75) is 167 Å². The van der Waals surface area contributed by atoms with Crippen molar-refractivity contribution in [2.75, 3.05) is 6.61 Å². The summed E-state index contributed by atoms with van der Waals surface area (Å²) in [5.41, 5.74) is -15.0. The maximum atomic E-state index is 16.0. The van der Waals surface area contributed by atoms with E-state index in [2.05, 4.69) is 0 Å². The minimum absolute atomic E-state index is 0.0982. The van der Waals surface area contributed by atoms with E-state index in [-0.39, 0.29) is 32.3 Å². The molecule has 0 spiro atoms. The van der Waals surface area contributed by atoms with Crippen LogP contribution in [0.2, 0.25) is 0 Å². The van der Waals surface area contributed by atoms with Crippen LogP contribution in [-0.4, -0.2) is 83.5 Å². The fraction of sp³-hybridized carbons (Fsp3) is 0.946. The maximum absolute atomic E-state index is 16.0. The molecule has 0 aromatic rings. The van der Waals surface area contributed by atoms with Crippen LogP contribution in [0.4, 0.5) is 52.7 Å². The van der Waals surface area contributed by atoms with Gasteiger partial charge in [0.1, 0.15) is 11.2 Å². The third-order valence-electron chi connectivity index (χ3n) is 12.3. The number of rotatable bonds is 9. The number of ether oxygens (including phenoxy) is 4. The third kappa shape index (κ3) is 8.79. The molecule has 2 saturated carbocycles. The number of hydrogen-bond donors (Lipinski definition) is 1. The van der Waals surface area contributed by atoms with Gasteiger partial charge in [0.15, 0.2) is 10.8 Å². The lowest BCUT2D eigenvalue weighted by Crippen LogP contribution is -2.61. The molecule has 2 aliphatic heterocycles. The number of alkyl halides is 12. The number of halogens is 12. The highest BCUT2D eigenvalue weighted by Crippen LogP contribution is 2.63. The van der Waals surface area contributed by atoms with Crippen LogP contribution in [0.3, 0.4) is 0 Å². The van der Waals surface area contributed by atoms with E-state index in [0.29, 0.717) is 6.92 Å². The van der Waals surface area contributed by atoms with Crippen LogP contribution in [0.25, 0.3) is 0 Å². The summed E-state index contributed by atoms with van der Waals surface area (Å²) in [5.74, 6) is -9.75. The predicted molar refractivity (Wildman–Crippen MR) is 173 cm³/mol. The molecule has 0 radical (unpaired) electrons. The van der Waals surface area contributed by atoms with Crippen molar-refractivity contribution in [1.29, 1.82) is 0 Å². The molecule has 2 heterocycles. The van der Waals surface area contributed by atoms with Gasteiger partial charge in [0, 0.05) is 12.5 Å². The van der Waals surface area contributed by atoms with Crippen molar-refractivity contribution < 1.29 is 86.3 Å². The van der Waals surface area contributed by atoms with Crippen LogP contribution in [-0.2, 0) is 28.5 Å². The lowest BCUT2D eigenvalue weighted by Gasteiger charge is -2.51. The van der Waals surface area contributed by atoms with Crippen LogP contribution in [0.5, 0.6) is 0 Å². The Labute approximate surface area is 317 Å². The molecule has 0 aromatic carbocycles. The summed E-state index contributed by atoms with van der Waals surface area (Å²) in [5, 5.41) is 9.97. The minimum atomic E-state index is -6.08. The minimum Gasteiger partial charge on any atom is -0.459 e. The SMILES string of the molecule is CC1CC2C3CC(CC(O)(C(F)(F)F)C(F)(F)F)C(C3)C2OC1CC(C(=O)OC(C)(C)C)(C1CCCOC1CC(C)(C(=O)OC(C)(C)C)C(F)(F)F)C(F)(F)F. The second kappa shape index (κ2) is 14.9. The number of carbonyl (C=O) groups is 2. The molecule has 4 fully saturated rings. The average Bonchev–Trinajstić information content (AvgIpc) is 3.54. The topological polar surface area (TPSA) is 91.3 Å². The highest BCUT2D eigenvalue weighted by atomic mass is 19.4. The first-order valence-corrected chi connectivity index (χ1v) is 18.7. The maximum Gasteiger partial charge on any atom is 0.426 e. The van der Waals surface area contributed by atoms with Crippen molar-refractivity contribution >= 4 is 11.9 Å². The zero-order valence-electron chi connectivity index (χ0n) is 32.5. The lowest BCUT2D eigenvalue weighted by molar-refractivity contribution is -0.374. The van der Waals surface area contributed by atoms with Gasteiger partial charge >= 0.3 is 36.6 Å². The van der Waals surface area contributed by atoms with E-state index in [4.69, 9.17) is 18.9 Å². The van der Waals surface area contributed by atoms with Crippen LogP contribution in [0, 0.1) is 46.3 Å². The van der Waals surface area contributed by atoms with Crippen LogP contribution in [0.1, 0.15) is 107 Å². The molecule has 11 unspecified atom stereocenters. The third-order valence-corrected chi connectivity index (χ3v) is 12.3. The second-order valence-electron chi connectivity index (χ2n) is 18.6. The molecule has 4 rings (SSSR count). The van der Waals surface area contributed by atoms with Crippen LogP contribution >= 0.6 is 0 Å². The van der Waals surface area contributed by atoms with Gasteiger partial charge in [-0.25, -0.2) is 0 Å². The molecule has 7 nitrogen and oxygen atoms in total. The molecule has 2 bridgehead atoms. The van der Waals surface area contributed by atoms with Gasteiger partial charge in [-0.2, -0.15) is 52.7 Å². The molecule has 2 aliphatic carbocycles. The largest absolute Gasteiger partial charge is 0.459 e. The predicted octanol–water partition coefficient (Wildman–Crippen LogP) is 9.67. The van der Waals surface area contributed by atoms with Crippen molar-refractivity contribution in [1.82, 2.24) is 0 Å². The van der Waals surface area contributed by atoms with E-state index in [1.54, 1.807) is 0 Å². The standard InChI is InChI=1S/C37H52F12O7/c1-18-12-21-19-13-20(15-33(52,36(44,45)46)37(47,48)49)22(14-19)26(21)54-24(18)17-32(35(41,42)43,28(51)56-30(5,6)7)23-10-9-11-53-25(23)16-31(8,34(38,39)40)27(50)55-29(2,3)4/h18-26,52H,9-17H2,1-8H3. The van der Waals surface area contributed by atoms with Gasteiger partial charge in [-0.3, -0.25) is 9.59 Å². The molecular weight excluding hydrogens is 784 g/mol. The number of esters is 2. The van der Waals surface area contributed by atoms with Crippen molar-refractivity contribution in [3.63, 3.8) is 0 Å². The molecule has 0 aromatic heterocycles. The van der Waals surface area contributed by atoms with Gasteiger partial charge in [-0.15, -0.1) is 0 Å². The molecule has 2 saturated heterocycles. The highest BCUT2D eigenvalue weighted by Gasteiger charge is 2.73. The Hall–Kier alpha value is -2.02. The average molecular weight is 837 g/mol. The molecule has 56 heavy (non-hydrogen) atoms. The monoisotopic (exact) mass is 836 g/mol. The van der Waals surface area contributed by atoms with Gasteiger partial charge in [-0.1, -0.05) is 6.92 Å². The summed E-state index contributed by atoms with van der Waals surface area (Å²) in [6.45, 7) is 9.46. The summed E-state index contributed by atoms with van der Waals surface area (Å²) < 4.78 is 197. The lowest BCUT2D eigenvalue weighted by atomic mass is 9.61. The molecule has 1 N–H and O–H groups in total. The van der Waals surface area contributed by atoms with E-state index >= 15 is 13.2 Å². The zero-order valence-corrected chi connectivity index (χ0v) is 32.5. The zero-order chi connectivity index (χ0) is 43.0. The highest BCUT2D eigenvalue weighted by molar-refractivity contribution is 5.80. The van der Waals surface area contributed by atoms with Gasteiger partial charge < -0.3 is 24.1 Å². The Morgan fingerprint density at radius 3 is 1.68 bits per heavy atom. The van der Waals surface area contributed by atoms with Gasteiger partial charge in [0.2, 0.25) is 0 Å². The number of hydrogen-bond acceptors (Lipinski definition) is 7. The summed E-state index contributed by atoms with van der Waals surface area (Å²) in [6, 6.07) is 0. The Balaban J connectivity index is 1.77. The fourth-order valence-corrected chi connectivity index (χ4v) is 9.47. The Bertz CT molecular complexity index is 1420. The van der Waals surface area contributed by atoms with Crippen molar-refractivity contribution in [2.24, 2.45) is 46.3 Å². The fourth-order valence-electron chi connectivity index (χ4n) is 9.47. The van der Waals surface area contributed by atoms with E-state index in [1.165, 1.54) is 48.5 Å². The van der Waals surface area contributed by atoms with E-state index < -0.39 is 144 Å². The Kier molecular flexibility index (Phi) is 12.4. The molecular formula is C37H52F12O7. The number of aliphatic hydroxyl groups is 1. The van der Waals surface area contributed by atoms with E-state index in [9.17, 15) is 54.2 Å². The number of fused-ring (bicyclic) bond motifs is 5. The Morgan fingerprint density at radius 1 is 0.661 bits per heavy atom.